The predicted molar refractivity (Wildman–Crippen MR) is 120 cm³/mol. The highest BCUT2D eigenvalue weighted by molar-refractivity contribution is 5.88. The fraction of sp³-hybridized carbons (Fsp3) is 0.185. The topological polar surface area (TPSA) is 18.5 Å². The highest BCUT2D eigenvalue weighted by Gasteiger charge is 2.32. The normalized spacial score (nSPS) is 11.8. The van der Waals surface area contributed by atoms with Crippen LogP contribution in [0.2, 0.25) is 0 Å². The first-order valence-corrected chi connectivity index (χ1v) is 10.8. The van der Waals surface area contributed by atoms with E-state index < -0.39 is 35.4 Å². The molecule has 4 aromatic carbocycles. The number of benzene rings is 4. The molecule has 0 heterocycles. The summed E-state index contributed by atoms with van der Waals surface area (Å²) in [7, 11) is 1.41. The van der Waals surface area contributed by atoms with Gasteiger partial charge in [-0.1, -0.05) is 30.3 Å². The second kappa shape index (κ2) is 10.2. The van der Waals surface area contributed by atoms with Gasteiger partial charge in [-0.05, 0) is 70.8 Å². The molecule has 0 amide bonds. The van der Waals surface area contributed by atoms with Crippen molar-refractivity contribution in [2.75, 3.05) is 7.11 Å². The molecule has 4 rings (SSSR count). The molecule has 0 aliphatic rings. The first kappa shape index (κ1) is 25.5. The van der Waals surface area contributed by atoms with E-state index in [1.165, 1.54) is 49.6 Å². The average Bonchev–Trinajstić information content (AvgIpc) is 2.79. The summed E-state index contributed by atoms with van der Waals surface area (Å²) in [6.45, 7) is 0.0535. The SMILES string of the molecule is COCc1cc(F)c(-c2ccc3c(F)c(CCc4ccc(OC(F)(F)F)c(F)c4)ccc3c2)c(F)c1. The lowest BCUT2D eigenvalue weighted by molar-refractivity contribution is -0.275. The Morgan fingerprint density at radius 3 is 2.06 bits per heavy atom. The number of fused-ring (bicyclic) bond motifs is 1. The van der Waals surface area contributed by atoms with Crippen LogP contribution in [0.4, 0.5) is 30.7 Å². The van der Waals surface area contributed by atoms with E-state index in [0.29, 0.717) is 22.1 Å². The zero-order chi connectivity index (χ0) is 26.0. The Morgan fingerprint density at radius 1 is 0.722 bits per heavy atom. The number of aryl methyl sites for hydroxylation is 2. The lowest BCUT2D eigenvalue weighted by atomic mass is 9.96. The van der Waals surface area contributed by atoms with Crippen LogP contribution >= 0.6 is 0 Å². The third-order valence-electron chi connectivity index (χ3n) is 5.64. The Labute approximate surface area is 201 Å². The third-order valence-corrected chi connectivity index (χ3v) is 5.64. The van der Waals surface area contributed by atoms with Crippen LogP contribution < -0.4 is 4.74 Å². The average molecular weight is 508 g/mol. The quantitative estimate of drug-likeness (QED) is 0.236. The fourth-order valence-electron chi connectivity index (χ4n) is 4.02. The molecule has 0 unspecified atom stereocenters. The Bertz CT molecular complexity index is 1390. The third kappa shape index (κ3) is 5.62. The van der Waals surface area contributed by atoms with Crippen LogP contribution in [0.25, 0.3) is 21.9 Å². The molecule has 0 saturated heterocycles. The molecule has 0 saturated carbocycles. The maximum Gasteiger partial charge on any atom is 0.573 e. The monoisotopic (exact) mass is 508 g/mol. The Hall–Kier alpha value is -3.59. The van der Waals surface area contributed by atoms with Gasteiger partial charge < -0.3 is 9.47 Å². The molecule has 0 aliphatic carbocycles. The molecule has 0 atom stereocenters. The van der Waals surface area contributed by atoms with Gasteiger partial charge in [0.1, 0.15) is 17.5 Å². The van der Waals surface area contributed by atoms with Crippen molar-refractivity contribution < 1.29 is 40.2 Å². The molecular weight excluding hydrogens is 489 g/mol. The Morgan fingerprint density at radius 2 is 1.42 bits per heavy atom. The van der Waals surface area contributed by atoms with Crippen molar-refractivity contribution in [1.29, 1.82) is 0 Å². The molecule has 4 aromatic rings. The highest BCUT2D eigenvalue weighted by atomic mass is 19.4. The zero-order valence-electron chi connectivity index (χ0n) is 18.9. The Balaban J connectivity index is 1.56. The van der Waals surface area contributed by atoms with Crippen LogP contribution in [0.3, 0.4) is 0 Å². The van der Waals surface area contributed by atoms with Crippen molar-refractivity contribution in [1.82, 2.24) is 0 Å². The van der Waals surface area contributed by atoms with Crippen molar-refractivity contribution in [3.8, 4) is 16.9 Å². The molecule has 0 spiro atoms. The Kier molecular flexibility index (Phi) is 7.21. The van der Waals surface area contributed by atoms with E-state index in [1.807, 2.05) is 0 Å². The maximum absolute atomic E-state index is 15.2. The molecule has 0 aromatic heterocycles. The minimum atomic E-state index is -5.01. The van der Waals surface area contributed by atoms with Gasteiger partial charge in [0.2, 0.25) is 0 Å². The molecule has 0 bridgehead atoms. The molecule has 0 fully saturated rings. The first-order chi connectivity index (χ1) is 17.1. The van der Waals surface area contributed by atoms with E-state index in [2.05, 4.69) is 4.74 Å². The number of hydrogen-bond acceptors (Lipinski definition) is 2. The second-order valence-corrected chi connectivity index (χ2v) is 8.15. The van der Waals surface area contributed by atoms with E-state index in [9.17, 15) is 26.3 Å². The number of halogens is 7. The van der Waals surface area contributed by atoms with E-state index in [-0.39, 0.29) is 36.0 Å². The van der Waals surface area contributed by atoms with E-state index >= 15 is 4.39 Å². The summed E-state index contributed by atoms with van der Waals surface area (Å²) < 4.78 is 104. The molecule has 188 valence electrons. The predicted octanol–water partition coefficient (Wildman–Crippen LogP) is 7.89. The molecule has 2 nitrogen and oxygen atoms in total. The minimum absolute atomic E-state index is 0.0535. The number of methoxy groups -OCH3 is 1. The second-order valence-electron chi connectivity index (χ2n) is 8.15. The van der Waals surface area contributed by atoms with Crippen molar-refractivity contribution in [2.24, 2.45) is 0 Å². The summed E-state index contributed by atoms with van der Waals surface area (Å²) in [5.41, 5.74) is 1.01. The summed E-state index contributed by atoms with van der Waals surface area (Å²) in [5, 5.41) is 0.654. The number of hydrogen-bond donors (Lipinski definition) is 0. The van der Waals surface area contributed by atoms with Gasteiger partial charge in [0.15, 0.2) is 11.6 Å². The lowest BCUT2D eigenvalue weighted by Gasteiger charge is -2.12. The van der Waals surface area contributed by atoms with Gasteiger partial charge in [-0.2, -0.15) is 0 Å². The van der Waals surface area contributed by atoms with Gasteiger partial charge >= 0.3 is 6.36 Å². The summed E-state index contributed by atoms with van der Waals surface area (Å²) in [6.07, 6.45) is -4.71. The van der Waals surface area contributed by atoms with Gasteiger partial charge in [-0.3, -0.25) is 0 Å². The smallest absolute Gasteiger partial charge is 0.403 e. The maximum atomic E-state index is 15.2. The van der Waals surface area contributed by atoms with Crippen molar-refractivity contribution >= 4 is 10.8 Å². The first-order valence-electron chi connectivity index (χ1n) is 10.8. The summed E-state index contributed by atoms with van der Waals surface area (Å²) >= 11 is 0. The number of alkyl halides is 3. The van der Waals surface area contributed by atoms with E-state index in [4.69, 9.17) is 4.74 Å². The van der Waals surface area contributed by atoms with Crippen LogP contribution in [0.15, 0.2) is 60.7 Å². The fourth-order valence-corrected chi connectivity index (χ4v) is 4.02. The highest BCUT2D eigenvalue weighted by Crippen LogP contribution is 2.32. The zero-order valence-corrected chi connectivity index (χ0v) is 18.9. The van der Waals surface area contributed by atoms with Crippen molar-refractivity contribution in [3.05, 3.63) is 101 Å². The van der Waals surface area contributed by atoms with Gasteiger partial charge in [0.25, 0.3) is 0 Å². The van der Waals surface area contributed by atoms with Gasteiger partial charge in [0.05, 0.1) is 12.2 Å². The number of rotatable bonds is 7. The molecule has 0 aliphatic heterocycles. The largest absolute Gasteiger partial charge is 0.573 e. The van der Waals surface area contributed by atoms with Crippen molar-refractivity contribution in [3.63, 3.8) is 0 Å². The summed E-state index contributed by atoms with van der Waals surface area (Å²) in [4.78, 5) is 0. The summed E-state index contributed by atoms with van der Waals surface area (Å²) in [6, 6.07) is 12.9. The number of ether oxygens (including phenoxy) is 2. The molecule has 0 N–H and O–H groups in total. The van der Waals surface area contributed by atoms with Gasteiger partial charge in [0, 0.05) is 12.5 Å². The van der Waals surface area contributed by atoms with E-state index in [1.54, 1.807) is 6.07 Å². The standard InChI is InChI=1S/C27H19F7O2/c1-35-14-16-11-22(29)25(23(30)12-16)19-7-8-20-18(13-19)6-5-17(26(20)31)4-2-15-3-9-24(21(28)10-15)36-27(32,33)34/h3,5-13H,2,4,14H2,1H3. The summed E-state index contributed by atoms with van der Waals surface area (Å²) in [5.74, 6) is -4.20. The molecule has 0 radical (unpaired) electrons. The molecular formula is C27H19F7O2. The van der Waals surface area contributed by atoms with E-state index in [0.717, 1.165) is 12.1 Å². The lowest BCUT2D eigenvalue weighted by Crippen LogP contribution is -2.18. The molecule has 9 heteroatoms. The van der Waals surface area contributed by atoms with Crippen LogP contribution in [0.1, 0.15) is 16.7 Å². The van der Waals surface area contributed by atoms with Crippen LogP contribution in [0, 0.1) is 23.3 Å². The van der Waals surface area contributed by atoms with Crippen LogP contribution in [-0.4, -0.2) is 13.5 Å². The van der Waals surface area contributed by atoms with Crippen LogP contribution in [0.5, 0.6) is 5.75 Å². The minimum Gasteiger partial charge on any atom is -0.403 e. The van der Waals surface area contributed by atoms with Gasteiger partial charge in [-0.15, -0.1) is 13.2 Å². The van der Waals surface area contributed by atoms with Crippen molar-refractivity contribution in [2.45, 2.75) is 25.8 Å². The van der Waals surface area contributed by atoms with Gasteiger partial charge in [-0.25, -0.2) is 17.6 Å². The van der Waals surface area contributed by atoms with Crippen LogP contribution in [-0.2, 0) is 24.2 Å². The molecule has 36 heavy (non-hydrogen) atoms.